The van der Waals surface area contributed by atoms with E-state index in [0.29, 0.717) is 43.5 Å². The Morgan fingerprint density at radius 2 is 1.70 bits per heavy atom. The van der Waals surface area contributed by atoms with Crippen LogP contribution >= 0.6 is 0 Å². The number of carbonyl (C=O) groups excluding carboxylic acids is 1. The second-order valence-corrected chi connectivity index (χ2v) is 10.1. The van der Waals surface area contributed by atoms with Crippen molar-refractivity contribution in [3.63, 3.8) is 0 Å². The summed E-state index contributed by atoms with van der Waals surface area (Å²) in [7, 11) is -3.64. The molecule has 1 fully saturated rings. The Kier molecular flexibility index (Phi) is 7.09. The Bertz CT molecular complexity index is 1110. The number of benzene rings is 2. The van der Waals surface area contributed by atoms with Gasteiger partial charge in [-0.05, 0) is 48.7 Å². The van der Waals surface area contributed by atoms with Gasteiger partial charge in [-0.2, -0.15) is 4.31 Å². The minimum Gasteiger partial charge on any atom is -0.486 e. The Labute approximate surface area is 195 Å². The molecule has 0 unspecified atom stereocenters. The monoisotopic (exact) mass is 473 g/mol. The third kappa shape index (κ3) is 5.09. The number of carbonyl (C=O) groups is 1. The zero-order valence-corrected chi connectivity index (χ0v) is 20.0. The molecule has 9 heteroatoms. The molecule has 0 atom stereocenters. The molecule has 0 aliphatic carbocycles. The summed E-state index contributed by atoms with van der Waals surface area (Å²) in [5.41, 5.74) is 2.17. The highest BCUT2D eigenvalue weighted by atomic mass is 32.2. The normalized spacial score (nSPS) is 15.7. The van der Waals surface area contributed by atoms with Crippen LogP contribution in [-0.2, 0) is 21.2 Å². The van der Waals surface area contributed by atoms with E-state index in [2.05, 4.69) is 10.2 Å². The molecule has 0 spiro atoms. The summed E-state index contributed by atoms with van der Waals surface area (Å²) in [5, 5.41) is 2.97. The van der Waals surface area contributed by atoms with Crippen molar-refractivity contribution in [1.29, 1.82) is 0 Å². The molecule has 2 aromatic rings. The first-order valence-electron chi connectivity index (χ1n) is 11.5. The third-order valence-electron chi connectivity index (χ3n) is 6.00. The number of hydrogen-bond acceptors (Lipinski definition) is 6. The standard InChI is InChI=1S/C24H31N3O5S/c1-3-27(4-2)33(29,30)19-8-9-21(26-11-5-6-12-26)20(17-19)25-24(28)16-18-7-10-22-23(15-18)32-14-13-31-22/h7-10,15,17H,3-6,11-14,16H2,1-2H3,(H,25,28). The highest BCUT2D eigenvalue weighted by molar-refractivity contribution is 7.89. The number of nitrogens with one attached hydrogen (secondary N) is 1. The molecule has 178 valence electrons. The fraction of sp³-hybridized carbons (Fsp3) is 0.458. The molecule has 2 aliphatic heterocycles. The SMILES string of the molecule is CCN(CC)S(=O)(=O)c1ccc(N2CCCC2)c(NC(=O)Cc2ccc3c(c2)OCCO3)c1. The summed E-state index contributed by atoms with van der Waals surface area (Å²) in [6.07, 6.45) is 2.29. The predicted molar refractivity (Wildman–Crippen MR) is 128 cm³/mol. The summed E-state index contributed by atoms with van der Waals surface area (Å²) >= 11 is 0. The fourth-order valence-electron chi connectivity index (χ4n) is 4.30. The molecule has 33 heavy (non-hydrogen) atoms. The van der Waals surface area contributed by atoms with E-state index in [9.17, 15) is 13.2 Å². The van der Waals surface area contributed by atoms with Gasteiger partial charge < -0.3 is 19.7 Å². The van der Waals surface area contributed by atoms with Crippen LogP contribution < -0.4 is 19.7 Å². The number of anilines is 2. The van der Waals surface area contributed by atoms with Crippen molar-refractivity contribution < 1.29 is 22.7 Å². The van der Waals surface area contributed by atoms with E-state index in [4.69, 9.17) is 9.47 Å². The molecular weight excluding hydrogens is 442 g/mol. The van der Waals surface area contributed by atoms with Gasteiger partial charge in [0.15, 0.2) is 11.5 Å². The van der Waals surface area contributed by atoms with Crippen LogP contribution in [0.15, 0.2) is 41.3 Å². The summed E-state index contributed by atoms with van der Waals surface area (Å²) in [6.45, 7) is 7.16. The average Bonchev–Trinajstić information content (AvgIpc) is 3.34. The lowest BCUT2D eigenvalue weighted by atomic mass is 10.1. The second kappa shape index (κ2) is 10.0. The fourth-order valence-corrected chi connectivity index (χ4v) is 5.78. The van der Waals surface area contributed by atoms with Crippen LogP contribution in [0.2, 0.25) is 0 Å². The van der Waals surface area contributed by atoms with Gasteiger partial charge in [-0.1, -0.05) is 19.9 Å². The number of fused-ring (bicyclic) bond motifs is 1. The maximum Gasteiger partial charge on any atom is 0.243 e. The molecule has 8 nitrogen and oxygen atoms in total. The summed E-state index contributed by atoms with van der Waals surface area (Å²) < 4.78 is 38.7. The van der Waals surface area contributed by atoms with E-state index in [1.165, 1.54) is 4.31 Å². The van der Waals surface area contributed by atoms with E-state index < -0.39 is 10.0 Å². The Balaban J connectivity index is 1.59. The number of nitrogens with zero attached hydrogens (tertiary/aromatic N) is 2. The van der Waals surface area contributed by atoms with Crippen LogP contribution in [0.5, 0.6) is 11.5 Å². The Hall–Kier alpha value is -2.78. The maximum absolute atomic E-state index is 13.1. The molecule has 0 radical (unpaired) electrons. The lowest BCUT2D eigenvalue weighted by Crippen LogP contribution is -2.31. The van der Waals surface area contributed by atoms with Gasteiger partial charge >= 0.3 is 0 Å². The van der Waals surface area contributed by atoms with E-state index >= 15 is 0 Å². The quantitative estimate of drug-likeness (QED) is 0.633. The van der Waals surface area contributed by atoms with Gasteiger partial charge in [0.05, 0.1) is 22.7 Å². The van der Waals surface area contributed by atoms with E-state index in [0.717, 1.165) is 37.2 Å². The maximum atomic E-state index is 13.1. The molecular formula is C24H31N3O5S. The zero-order valence-electron chi connectivity index (χ0n) is 19.2. The molecule has 2 aliphatic rings. The lowest BCUT2D eigenvalue weighted by Gasteiger charge is -2.24. The first kappa shape index (κ1) is 23.4. The van der Waals surface area contributed by atoms with Crippen LogP contribution in [0.25, 0.3) is 0 Å². The van der Waals surface area contributed by atoms with Crippen LogP contribution in [0.1, 0.15) is 32.3 Å². The predicted octanol–water partition coefficient (Wildman–Crippen LogP) is 3.27. The van der Waals surface area contributed by atoms with E-state index in [1.54, 1.807) is 18.2 Å². The molecule has 1 N–H and O–H groups in total. The first-order chi connectivity index (χ1) is 15.9. The topological polar surface area (TPSA) is 88.2 Å². The van der Waals surface area contributed by atoms with Gasteiger partial charge in [0.2, 0.25) is 15.9 Å². The van der Waals surface area contributed by atoms with Crippen LogP contribution in [0.4, 0.5) is 11.4 Å². The molecule has 1 saturated heterocycles. The number of sulfonamides is 1. The van der Waals surface area contributed by atoms with Crippen LogP contribution in [0, 0.1) is 0 Å². The Morgan fingerprint density at radius 3 is 2.39 bits per heavy atom. The lowest BCUT2D eigenvalue weighted by molar-refractivity contribution is -0.115. The van der Waals surface area contributed by atoms with Crippen molar-refractivity contribution in [1.82, 2.24) is 4.31 Å². The molecule has 0 saturated carbocycles. The molecule has 2 aromatic carbocycles. The van der Waals surface area contributed by atoms with Crippen molar-refractivity contribution in [2.45, 2.75) is 38.0 Å². The van der Waals surface area contributed by atoms with Crippen molar-refractivity contribution in [3.8, 4) is 11.5 Å². The summed E-state index contributed by atoms with van der Waals surface area (Å²) in [6, 6.07) is 10.5. The summed E-state index contributed by atoms with van der Waals surface area (Å²) in [5.74, 6) is 1.09. The minimum atomic E-state index is -3.64. The van der Waals surface area contributed by atoms with E-state index in [1.807, 2.05) is 32.0 Å². The van der Waals surface area contributed by atoms with Gasteiger partial charge in [-0.25, -0.2) is 8.42 Å². The zero-order chi connectivity index (χ0) is 23.4. The van der Waals surface area contributed by atoms with Gasteiger partial charge in [0, 0.05) is 26.2 Å². The first-order valence-corrected chi connectivity index (χ1v) is 12.9. The average molecular weight is 474 g/mol. The molecule has 1 amide bonds. The Morgan fingerprint density at radius 1 is 1.00 bits per heavy atom. The van der Waals surface area contributed by atoms with Crippen molar-refractivity contribution in [3.05, 3.63) is 42.0 Å². The number of hydrogen-bond donors (Lipinski definition) is 1. The molecule has 0 bridgehead atoms. The van der Waals surface area contributed by atoms with Gasteiger partial charge in [0.1, 0.15) is 13.2 Å². The largest absolute Gasteiger partial charge is 0.486 e. The van der Waals surface area contributed by atoms with Crippen molar-refractivity contribution in [2.75, 3.05) is 49.6 Å². The number of rotatable bonds is 8. The molecule has 4 rings (SSSR count). The molecule has 0 aromatic heterocycles. The molecule has 2 heterocycles. The number of amides is 1. The highest BCUT2D eigenvalue weighted by Gasteiger charge is 2.25. The van der Waals surface area contributed by atoms with Crippen LogP contribution in [0.3, 0.4) is 0 Å². The smallest absolute Gasteiger partial charge is 0.243 e. The minimum absolute atomic E-state index is 0.142. The highest BCUT2D eigenvalue weighted by Crippen LogP contribution is 2.33. The van der Waals surface area contributed by atoms with E-state index in [-0.39, 0.29) is 17.2 Å². The van der Waals surface area contributed by atoms with Crippen molar-refractivity contribution in [2.24, 2.45) is 0 Å². The van der Waals surface area contributed by atoms with Gasteiger partial charge in [0.25, 0.3) is 0 Å². The summed E-state index contributed by atoms with van der Waals surface area (Å²) in [4.78, 5) is 15.3. The number of ether oxygens (including phenoxy) is 2. The second-order valence-electron chi connectivity index (χ2n) is 8.17. The van der Waals surface area contributed by atoms with Gasteiger partial charge in [-0.15, -0.1) is 0 Å². The third-order valence-corrected chi connectivity index (χ3v) is 8.05. The van der Waals surface area contributed by atoms with Crippen molar-refractivity contribution >= 4 is 27.3 Å². The van der Waals surface area contributed by atoms with Gasteiger partial charge in [-0.3, -0.25) is 4.79 Å². The van der Waals surface area contributed by atoms with Crippen LogP contribution in [-0.4, -0.2) is 58.0 Å².